The van der Waals surface area contributed by atoms with E-state index in [0.29, 0.717) is 5.75 Å². The highest BCUT2D eigenvalue weighted by atomic mass is 35.5. The molecule has 0 aliphatic carbocycles. The maximum Gasteiger partial charge on any atom is 0.276 e. The number of halogens is 2. The Morgan fingerprint density at radius 2 is 1.83 bits per heavy atom. The van der Waals surface area contributed by atoms with E-state index in [2.05, 4.69) is 10.9 Å². The van der Waals surface area contributed by atoms with Crippen LogP contribution in [0.5, 0.6) is 5.75 Å². The minimum atomic E-state index is -0.592. The van der Waals surface area contributed by atoms with Gasteiger partial charge in [-0.05, 0) is 36.8 Å². The Labute approximate surface area is 143 Å². The van der Waals surface area contributed by atoms with Gasteiger partial charge in [0.2, 0.25) is 5.91 Å². The van der Waals surface area contributed by atoms with E-state index in [1.807, 2.05) is 19.1 Å². The monoisotopic (exact) mass is 350 g/mol. The zero-order chi connectivity index (χ0) is 17.5. The van der Waals surface area contributed by atoms with Crippen LogP contribution in [0.25, 0.3) is 0 Å². The van der Waals surface area contributed by atoms with Crippen LogP contribution in [0.3, 0.4) is 0 Å². The number of aryl methyl sites for hydroxylation is 1. The summed E-state index contributed by atoms with van der Waals surface area (Å²) in [6, 6.07) is 11.4. The highest BCUT2D eigenvalue weighted by Gasteiger charge is 2.12. The highest BCUT2D eigenvalue weighted by Crippen LogP contribution is 2.19. The predicted octanol–water partition coefficient (Wildman–Crippen LogP) is 2.56. The van der Waals surface area contributed by atoms with E-state index < -0.39 is 17.6 Å². The maximum atomic E-state index is 13.6. The van der Waals surface area contributed by atoms with Crippen molar-refractivity contribution < 1.29 is 18.7 Å². The van der Waals surface area contributed by atoms with E-state index in [0.717, 1.165) is 5.56 Å². The summed E-state index contributed by atoms with van der Waals surface area (Å²) in [4.78, 5) is 23.4. The Kier molecular flexibility index (Phi) is 6.14. The SMILES string of the molecule is Cc1cccc(OCC(=O)NNC(=O)Cc2c(F)cccc2Cl)c1. The number of ether oxygens (including phenoxy) is 1. The molecule has 0 saturated carbocycles. The molecule has 2 rings (SSSR count). The molecule has 0 atom stereocenters. The van der Waals surface area contributed by atoms with Crippen molar-refractivity contribution in [3.63, 3.8) is 0 Å². The molecular weight excluding hydrogens is 335 g/mol. The van der Waals surface area contributed by atoms with Crippen LogP contribution in [-0.4, -0.2) is 18.4 Å². The third-order valence-electron chi connectivity index (χ3n) is 3.10. The summed E-state index contributed by atoms with van der Waals surface area (Å²) in [5.41, 5.74) is 5.46. The molecule has 2 aromatic carbocycles. The number of carbonyl (C=O) groups is 2. The summed E-state index contributed by atoms with van der Waals surface area (Å²) >= 11 is 5.84. The summed E-state index contributed by atoms with van der Waals surface area (Å²) in [6.07, 6.45) is -0.287. The Morgan fingerprint density at radius 1 is 1.12 bits per heavy atom. The zero-order valence-corrected chi connectivity index (χ0v) is 13.7. The number of hydrazine groups is 1. The van der Waals surface area contributed by atoms with Crippen molar-refractivity contribution in [3.8, 4) is 5.75 Å². The van der Waals surface area contributed by atoms with Crippen molar-refractivity contribution in [2.45, 2.75) is 13.3 Å². The molecule has 126 valence electrons. The molecule has 0 aliphatic rings. The van der Waals surface area contributed by atoms with Crippen LogP contribution in [0.2, 0.25) is 5.02 Å². The van der Waals surface area contributed by atoms with Gasteiger partial charge in [0.15, 0.2) is 6.61 Å². The third kappa shape index (κ3) is 5.24. The van der Waals surface area contributed by atoms with Gasteiger partial charge in [-0.3, -0.25) is 20.4 Å². The Hall–Kier alpha value is -2.60. The summed E-state index contributed by atoms with van der Waals surface area (Å²) < 4.78 is 18.9. The van der Waals surface area contributed by atoms with Crippen LogP contribution >= 0.6 is 11.6 Å². The average molecular weight is 351 g/mol. The van der Waals surface area contributed by atoms with Crippen LogP contribution < -0.4 is 15.6 Å². The number of nitrogens with one attached hydrogen (secondary N) is 2. The lowest BCUT2D eigenvalue weighted by atomic mass is 10.1. The molecule has 0 saturated heterocycles. The molecule has 0 fully saturated rings. The van der Waals surface area contributed by atoms with Gasteiger partial charge in [-0.2, -0.15) is 0 Å². The molecule has 24 heavy (non-hydrogen) atoms. The fourth-order valence-electron chi connectivity index (χ4n) is 1.94. The molecule has 0 aromatic heterocycles. The standard InChI is InChI=1S/C17H16ClFN2O3/c1-11-4-2-5-12(8-11)24-10-17(23)21-20-16(22)9-13-14(18)6-3-7-15(13)19/h2-8H,9-10H2,1H3,(H,20,22)(H,21,23). The van der Waals surface area contributed by atoms with Crippen LogP contribution in [0.4, 0.5) is 4.39 Å². The van der Waals surface area contributed by atoms with E-state index in [1.54, 1.807) is 12.1 Å². The van der Waals surface area contributed by atoms with Gasteiger partial charge in [0.05, 0.1) is 6.42 Å². The number of rotatable bonds is 5. The highest BCUT2D eigenvalue weighted by molar-refractivity contribution is 6.31. The van der Waals surface area contributed by atoms with Crippen LogP contribution in [0, 0.1) is 12.7 Å². The first-order valence-corrected chi connectivity index (χ1v) is 7.53. The van der Waals surface area contributed by atoms with E-state index in [9.17, 15) is 14.0 Å². The van der Waals surface area contributed by atoms with Crippen LogP contribution in [0.15, 0.2) is 42.5 Å². The molecule has 7 heteroatoms. The first-order chi connectivity index (χ1) is 11.5. The average Bonchev–Trinajstić information content (AvgIpc) is 2.54. The van der Waals surface area contributed by atoms with Gasteiger partial charge in [-0.15, -0.1) is 0 Å². The van der Waals surface area contributed by atoms with Gasteiger partial charge in [0, 0.05) is 10.6 Å². The van der Waals surface area contributed by atoms with Gasteiger partial charge in [0.25, 0.3) is 5.91 Å². The first kappa shape index (κ1) is 17.7. The third-order valence-corrected chi connectivity index (χ3v) is 3.45. The second-order valence-electron chi connectivity index (χ2n) is 5.08. The zero-order valence-electron chi connectivity index (χ0n) is 12.9. The number of benzene rings is 2. The molecule has 5 nitrogen and oxygen atoms in total. The normalized spacial score (nSPS) is 10.1. The van der Waals surface area contributed by atoms with Crippen molar-refractivity contribution in [1.82, 2.24) is 10.9 Å². The summed E-state index contributed by atoms with van der Waals surface area (Å²) in [5, 5.41) is 0.152. The van der Waals surface area contributed by atoms with E-state index in [1.165, 1.54) is 18.2 Å². The molecule has 2 N–H and O–H groups in total. The van der Waals surface area contributed by atoms with Gasteiger partial charge >= 0.3 is 0 Å². The molecule has 2 amide bonds. The summed E-state index contributed by atoms with van der Waals surface area (Å²) in [6.45, 7) is 1.64. The van der Waals surface area contributed by atoms with E-state index in [-0.39, 0.29) is 23.6 Å². The van der Waals surface area contributed by atoms with Crippen LogP contribution in [-0.2, 0) is 16.0 Å². The molecule has 0 spiro atoms. The van der Waals surface area contributed by atoms with Crippen molar-refractivity contribution in [2.24, 2.45) is 0 Å². The largest absolute Gasteiger partial charge is 0.484 e. The number of hydrogen-bond acceptors (Lipinski definition) is 3. The Morgan fingerprint density at radius 3 is 2.54 bits per heavy atom. The summed E-state index contributed by atoms with van der Waals surface area (Å²) in [7, 11) is 0. The quantitative estimate of drug-likeness (QED) is 0.814. The molecule has 2 aromatic rings. The number of carbonyl (C=O) groups excluding carboxylic acids is 2. The number of amides is 2. The lowest BCUT2D eigenvalue weighted by Crippen LogP contribution is -2.44. The van der Waals surface area contributed by atoms with Crippen molar-refractivity contribution in [1.29, 1.82) is 0 Å². The fourth-order valence-corrected chi connectivity index (χ4v) is 2.17. The first-order valence-electron chi connectivity index (χ1n) is 7.16. The summed E-state index contributed by atoms with van der Waals surface area (Å²) in [5.74, 6) is -1.16. The topological polar surface area (TPSA) is 67.4 Å². The fraction of sp³-hybridized carbons (Fsp3) is 0.176. The molecule has 0 radical (unpaired) electrons. The second-order valence-corrected chi connectivity index (χ2v) is 5.49. The van der Waals surface area contributed by atoms with Gasteiger partial charge in [-0.1, -0.05) is 29.8 Å². The lowest BCUT2D eigenvalue weighted by Gasteiger charge is -2.10. The molecular formula is C17H16ClFN2O3. The minimum absolute atomic E-state index is 0.0712. The van der Waals surface area contributed by atoms with Gasteiger partial charge in [0.1, 0.15) is 11.6 Å². The predicted molar refractivity (Wildman–Crippen MR) is 88.1 cm³/mol. The smallest absolute Gasteiger partial charge is 0.276 e. The van der Waals surface area contributed by atoms with Crippen molar-refractivity contribution in [2.75, 3.05) is 6.61 Å². The lowest BCUT2D eigenvalue weighted by molar-refractivity contribution is -0.129. The second kappa shape index (κ2) is 8.31. The molecule has 0 aliphatic heterocycles. The molecule has 0 bridgehead atoms. The van der Waals surface area contributed by atoms with E-state index >= 15 is 0 Å². The van der Waals surface area contributed by atoms with Gasteiger partial charge in [-0.25, -0.2) is 4.39 Å². The molecule has 0 unspecified atom stereocenters. The van der Waals surface area contributed by atoms with Gasteiger partial charge < -0.3 is 4.74 Å². The Bertz CT molecular complexity index is 732. The van der Waals surface area contributed by atoms with E-state index in [4.69, 9.17) is 16.3 Å². The van der Waals surface area contributed by atoms with Crippen LogP contribution in [0.1, 0.15) is 11.1 Å². The maximum absolute atomic E-state index is 13.6. The Balaban J connectivity index is 1.78. The number of hydrogen-bond donors (Lipinski definition) is 2. The minimum Gasteiger partial charge on any atom is -0.484 e. The van der Waals surface area contributed by atoms with Crippen molar-refractivity contribution in [3.05, 3.63) is 64.4 Å². The van der Waals surface area contributed by atoms with Crippen molar-refractivity contribution >= 4 is 23.4 Å². The molecule has 0 heterocycles.